The molecule has 1 heterocycles. The molecule has 0 fully saturated rings. The van der Waals surface area contributed by atoms with E-state index in [1.807, 2.05) is 13.0 Å². The SMILES string of the molecule is Cc1c(CO)cc2sc(Br)nc2c1C(C)O. The van der Waals surface area contributed by atoms with Crippen molar-refractivity contribution in [1.82, 2.24) is 4.98 Å². The van der Waals surface area contributed by atoms with Gasteiger partial charge in [-0.3, -0.25) is 0 Å². The average molecular weight is 302 g/mol. The Morgan fingerprint density at radius 2 is 2.25 bits per heavy atom. The van der Waals surface area contributed by atoms with Gasteiger partial charge in [0.2, 0.25) is 0 Å². The molecule has 1 aromatic carbocycles. The molecule has 0 aliphatic rings. The predicted molar refractivity (Wildman–Crippen MR) is 68.6 cm³/mol. The third kappa shape index (κ3) is 1.88. The third-order valence-electron chi connectivity index (χ3n) is 2.66. The van der Waals surface area contributed by atoms with E-state index in [1.165, 1.54) is 11.3 Å². The van der Waals surface area contributed by atoms with Crippen molar-refractivity contribution >= 4 is 37.5 Å². The van der Waals surface area contributed by atoms with Gasteiger partial charge in [-0.1, -0.05) is 0 Å². The van der Waals surface area contributed by atoms with E-state index in [2.05, 4.69) is 20.9 Å². The molecule has 2 aromatic rings. The Hall–Kier alpha value is -0.490. The number of fused-ring (bicyclic) bond motifs is 1. The molecule has 0 aliphatic carbocycles. The van der Waals surface area contributed by atoms with Crippen LogP contribution in [0.25, 0.3) is 10.2 Å². The van der Waals surface area contributed by atoms with Crippen LogP contribution in [0.3, 0.4) is 0 Å². The van der Waals surface area contributed by atoms with Crippen LogP contribution >= 0.6 is 27.3 Å². The van der Waals surface area contributed by atoms with Crippen LogP contribution in [-0.2, 0) is 6.61 Å². The second-order valence-electron chi connectivity index (χ2n) is 3.72. The lowest BCUT2D eigenvalue weighted by molar-refractivity contribution is 0.199. The molecule has 0 bridgehead atoms. The first-order chi connectivity index (χ1) is 7.54. The van der Waals surface area contributed by atoms with Gasteiger partial charge in [0.1, 0.15) is 0 Å². The number of aromatic nitrogens is 1. The van der Waals surface area contributed by atoms with Gasteiger partial charge in [-0.05, 0) is 47.0 Å². The van der Waals surface area contributed by atoms with Crippen LogP contribution in [-0.4, -0.2) is 15.2 Å². The first kappa shape index (κ1) is 12.0. The van der Waals surface area contributed by atoms with Gasteiger partial charge < -0.3 is 10.2 Å². The van der Waals surface area contributed by atoms with Crippen LogP contribution in [0.1, 0.15) is 29.7 Å². The van der Waals surface area contributed by atoms with Crippen molar-refractivity contribution in [2.45, 2.75) is 26.6 Å². The highest BCUT2D eigenvalue weighted by Gasteiger charge is 2.16. The lowest BCUT2D eigenvalue weighted by Gasteiger charge is -2.13. The van der Waals surface area contributed by atoms with Gasteiger partial charge in [0.15, 0.2) is 3.92 Å². The minimum atomic E-state index is -0.581. The summed E-state index contributed by atoms with van der Waals surface area (Å²) in [6.45, 7) is 3.60. The van der Waals surface area contributed by atoms with Crippen molar-refractivity contribution in [2.75, 3.05) is 0 Å². The molecule has 0 saturated heterocycles. The van der Waals surface area contributed by atoms with E-state index in [-0.39, 0.29) is 6.61 Å². The van der Waals surface area contributed by atoms with E-state index in [0.717, 1.165) is 30.8 Å². The molecule has 0 spiro atoms. The van der Waals surface area contributed by atoms with Crippen molar-refractivity contribution < 1.29 is 10.2 Å². The smallest absolute Gasteiger partial charge is 0.160 e. The van der Waals surface area contributed by atoms with Crippen LogP contribution in [0.4, 0.5) is 0 Å². The van der Waals surface area contributed by atoms with E-state index >= 15 is 0 Å². The largest absolute Gasteiger partial charge is 0.392 e. The lowest BCUT2D eigenvalue weighted by atomic mass is 9.98. The van der Waals surface area contributed by atoms with Crippen molar-refractivity contribution in [2.24, 2.45) is 0 Å². The average Bonchev–Trinajstić information content (AvgIpc) is 2.56. The van der Waals surface area contributed by atoms with E-state index in [4.69, 9.17) is 0 Å². The first-order valence-corrected chi connectivity index (χ1v) is 6.53. The maximum Gasteiger partial charge on any atom is 0.160 e. The number of thiazole rings is 1. The summed E-state index contributed by atoms with van der Waals surface area (Å²) in [5.41, 5.74) is 3.40. The minimum Gasteiger partial charge on any atom is -0.392 e. The number of benzene rings is 1. The third-order valence-corrected chi connectivity index (χ3v) is 4.12. The first-order valence-electron chi connectivity index (χ1n) is 4.92. The maximum absolute atomic E-state index is 9.80. The fourth-order valence-corrected chi connectivity index (χ4v) is 3.36. The predicted octanol–water partition coefficient (Wildman–Crippen LogP) is 2.91. The monoisotopic (exact) mass is 301 g/mol. The van der Waals surface area contributed by atoms with E-state index in [9.17, 15) is 10.2 Å². The highest BCUT2D eigenvalue weighted by Crippen LogP contribution is 2.35. The topological polar surface area (TPSA) is 53.4 Å². The van der Waals surface area contributed by atoms with Gasteiger partial charge in [-0.15, -0.1) is 11.3 Å². The van der Waals surface area contributed by atoms with Crippen molar-refractivity contribution in [3.63, 3.8) is 0 Å². The second kappa shape index (κ2) is 4.41. The van der Waals surface area contributed by atoms with Crippen LogP contribution < -0.4 is 0 Å². The number of hydrogen-bond acceptors (Lipinski definition) is 4. The van der Waals surface area contributed by atoms with Crippen molar-refractivity contribution in [1.29, 1.82) is 0 Å². The summed E-state index contributed by atoms with van der Waals surface area (Å²) in [6.07, 6.45) is -0.581. The van der Waals surface area contributed by atoms with E-state index < -0.39 is 6.10 Å². The van der Waals surface area contributed by atoms with Crippen molar-refractivity contribution in [3.05, 3.63) is 26.7 Å². The van der Waals surface area contributed by atoms with Gasteiger partial charge in [-0.25, -0.2) is 4.98 Å². The summed E-state index contributed by atoms with van der Waals surface area (Å²) in [4.78, 5) is 4.36. The normalized spacial score (nSPS) is 13.3. The Balaban J connectivity index is 2.84. The lowest BCUT2D eigenvalue weighted by Crippen LogP contribution is -2.00. The van der Waals surface area contributed by atoms with Crippen LogP contribution in [0.15, 0.2) is 9.98 Å². The Morgan fingerprint density at radius 1 is 1.56 bits per heavy atom. The van der Waals surface area contributed by atoms with E-state index in [1.54, 1.807) is 6.92 Å². The number of aliphatic hydroxyl groups excluding tert-OH is 2. The van der Waals surface area contributed by atoms with E-state index in [0.29, 0.717) is 0 Å². The fraction of sp³-hybridized carbons (Fsp3) is 0.364. The summed E-state index contributed by atoms with van der Waals surface area (Å²) in [7, 11) is 0. The molecule has 0 aliphatic heterocycles. The van der Waals surface area contributed by atoms with Gasteiger partial charge in [0.05, 0.1) is 22.9 Å². The standard InChI is InChI=1S/C11H12BrNO2S/c1-5-7(4-14)3-8-10(9(5)6(2)15)13-11(12)16-8/h3,6,14-15H,4H2,1-2H3. The zero-order chi connectivity index (χ0) is 11.9. The van der Waals surface area contributed by atoms with Crippen molar-refractivity contribution in [3.8, 4) is 0 Å². The maximum atomic E-state index is 9.80. The number of aliphatic hydroxyl groups is 2. The van der Waals surface area contributed by atoms with Crippen LogP contribution in [0.2, 0.25) is 0 Å². The summed E-state index contributed by atoms with van der Waals surface area (Å²) < 4.78 is 1.77. The molecule has 16 heavy (non-hydrogen) atoms. The molecule has 5 heteroatoms. The Bertz CT molecular complexity index is 536. The van der Waals surface area contributed by atoms with Gasteiger partial charge >= 0.3 is 0 Å². The molecule has 1 unspecified atom stereocenters. The number of rotatable bonds is 2. The Morgan fingerprint density at radius 3 is 2.81 bits per heavy atom. The summed E-state index contributed by atoms with van der Waals surface area (Å²) in [5.74, 6) is 0. The van der Waals surface area contributed by atoms with Crippen LogP contribution in [0.5, 0.6) is 0 Å². The molecule has 0 saturated carbocycles. The zero-order valence-electron chi connectivity index (χ0n) is 8.99. The highest BCUT2D eigenvalue weighted by atomic mass is 79.9. The summed E-state index contributed by atoms with van der Waals surface area (Å²) >= 11 is 4.85. The molecule has 1 atom stereocenters. The molecule has 0 radical (unpaired) electrons. The quantitative estimate of drug-likeness (QED) is 0.897. The zero-order valence-corrected chi connectivity index (χ0v) is 11.4. The number of hydrogen-bond donors (Lipinski definition) is 2. The Kier molecular flexibility index (Phi) is 3.30. The number of nitrogens with zero attached hydrogens (tertiary/aromatic N) is 1. The molecule has 86 valence electrons. The van der Waals surface area contributed by atoms with Gasteiger partial charge in [0.25, 0.3) is 0 Å². The van der Waals surface area contributed by atoms with Crippen LogP contribution in [0, 0.1) is 6.92 Å². The minimum absolute atomic E-state index is 0.0169. The molecular formula is C11H12BrNO2S. The molecule has 1 aromatic heterocycles. The fourth-order valence-electron chi connectivity index (χ4n) is 1.89. The molecule has 0 amide bonds. The summed E-state index contributed by atoms with van der Waals surface area (Å²) in [6, 6.07) is 1.93. The Labute approximate surface area is 106 Å². The molecule has 2 N–H and O–H groups in total. The molecule has 2 rings (SSSR count). The van der Waals surface area contributed by atoms with Gasteiger partial charge in [-0.2, -0.15) is 0 Å². The molecular weight excluding hydrogens is 290 g/mol. The highest BCUT2D eigenvalue weighted by molar-refractivity contribution is 9.11. The number of halogens is 1. The second-order valence-corrected chi connectivity index (χ2v) is 6.03. The molecule has 3 nitrogen and oxygen atoms in total. The van der Waals surface area contributed by atoms with Gasteiger partial charge in [0, 0.05) is 5.56 Å². The summed E-state index contributed by atoms with van der Waals surface area (Å²) in [5, 5.41) is 19.1.